The molecule has 0 aliphatic carbocycles. The lowest BCUT2D eigenvalue weighted by molar-refractivity contribution is -0.126. The van der Waals surface area contributed by atoms with Gasteiger partial charge in [-0.2, -0.15) is 0 Å². The Morgan fingerprint density at radius 1 is 1.10 bits per heavy atom. The molecule has 5 heteroatoms. The highest BCUT2D eigenvalue weighted by Crippen LogP contribution is 2.26. The average molecular weight is 310 g/mol. The van der Waals surface area contributed by atoms with E-state index in [4.69, 9.17) is 27.9 Å². The van der Waals surface area contributed by atoms with Crippen molar-refractivity contribution in [2.45, 2.75) is 6.10 Å². The van der Waals surface area contributed by atoms with Crippen LogP contribution in [0, 0.1) is 0 Å². The van der Waals surface area contributed by atoms with Gasteiger partial charge >= 0.3 is 0 Å². The molecule has 0 spiro atoms. The second-order valence-electron chi connectivity index (χ2n) is 4.14. The van der Waals surface area contributed by atoms with E-state index >= 15 is 0 Å². The number of halogens is 2. The summed E-state index contributed by atoms with van der Waals surface area (Å²) in [6.45, 7) is 0. The van der Waals surface area contributed by atoms with Gasteiger partial charge in [-0.25, -0.2) is 0 Å². The van der Waals surface area contributed by atoms with Crippen LogP contribution in [0.15, 0.2) is 48.5 Å². The largest absolute Gasteiger partial charge is 0.367 e. The number of hydrogen-bond acceptors (Lipinski definition) is 2. The summed E-state index contributed by atoms with van der Waals surface area (Å²) >= 11 is 11.7. The van der Waals surface area contributed by atoms with Crippen molar-refractivity contribution in [1.82, 2.24) is 0 Å². The zero-order chi connectivity index (χ0) is 14.5. The normalized spacial score (nSPS) is 11.9. The van der Waals surface area contributed by atoms with Gasteiger partial charge in [0, 0.05) is 12.8 Å². The van der Waals surface area contributed by atoms with Gasteiger partial charge in [-0.05, 0) is 23.8 Å². The van der Waals surface area contributed by atoms with Gasteiger partial charge in [0.1, 0.15) is 0 Å². The fraction of sp³-hybridized carbons (Fsp3) is 0.133. The summed E-state index contributed by atoms with van der Waals surface area (Å²) in [6.07, 6.45) is -0.675. The fourth-order valence-electron chi connectivity index (χ4n) is 1.80. The smallest absolute Gasteiger partial charge is 0.258 e. The summed E-state index contributed by atoms with van der Waals surface area (Å²) < 4.78 is 5.25. The molecule has 0 radical (unpaired) electrons. The summed E-state index contributed by atoms with van der Waals surface area (Å²) in [7, 11) is 1.49. The fourth-order valence-corrected chi connectivity index (χ4v) is 2.10. The number of methoxy groups -OCH3 is 1. The van der Waals surface area contributed by atoms with E-state index in [9.17, 15) is 4.79 Å². The van der Waals surface area contributed by atoms with E-state index in [0.29, 0.717) is 15.7 Å². The Morgan fingerprint density at radius 3 is 2.40 bits per heavy atom. The second-order valence-corrected chi connectivity index (χ2v) is 4.96. The summed E-state index contributed by atoms with van der Waals surface area (Å²) in [5.41, 5.74) is 1.36. The monoisotopic (exact) mass is 309 g/mol. The third kappa shape index (κ3) is 3.51. The van der Waals surface area contributed by atoms with Crippen LogP contribution in [0.25, 0.3) is 0 Å². The van der Waals surface area contributed by atoms with Crippen molar-refractivity contribution in [2.24, 2.45) is 0 Å². The van der Waals surface area contributed by atoms with E-state index < -0.39 is 6.10 Å². The molecule has 1 atom stereocenters. The molecule has 2 aromatic carbocycles. The molecule has 0 aliphatic heterocycles. The minimum Gasteiger partial charge on any atom is -0.367 e. The Balaban J connectivity index is 2.15. The van der Waals surface area contributed by atoms with Crippen molar-refractivity contribution in [3.63, 3.8) is 0 Å². The molecular formula is C15H13Cl2NO2. The van der Waals surface area contributed by atoms with Crippen molar-refractivity contribution in [3.8, 4) is 0 Å². The van der Waals surface area contributed by atoms with Crippen molar-refractivity contribution in [3.05, 3.63) is 64.1 Å². The van der Waals surface area contributed by atoms with Crippen LogP contribution in [0.4, 0.5) is 5.69 Å². The molecular weight excluding hydrogens is 297 g/mol. The van der Waals surface area contributed by atoms with Crippen LogP contribution in [-0.2, 0) is 9.53 Å². The zero-order valence-corrected chi connectivity index (χ0v) is 12.3. The standard InChI is InChI=1S/C15H13Cl2NO2/c1-20-14(10-5-3-2-4-6-10)15(19)18-11-7-8-12(16)13(17)9-11/h2-9,14H,1H3,(H,18,19)/t14-/m0/s1. The van der Waals surface area contributed by atoms with E-state index in [1.165, 1.54) is 7.11 Å². The van der Waals surface area contributed by atoms with Gasteiger partial charge in [0.05, 0.1) is 10.0 Å². The van der Waals surface area contributed by atoms with Crippen LogP contribution in [0.2, 0.25) is 10.0 Å². The summed E-state index contributed by atoms with van der Waals surface area (Å²) in [6, 6.07) is 14.2. The molecule has 0 aromatic heterocycles. The van der Waals surface area contributed by atoms with E-state index in [2.05, 4.69) is 5.32 Å². The first-order chi connectivity index (χ1) is 9.61. The lowest BCUT2D eigenvalue weighted by Gasteiger charge is -2.15. The number of amides is 1. The van der Waals surface area contributed by atoms with Gasteiger partial charge in [-0.1, -0.05) is 53.5 Å². The Morgan fingerprint density at radius 2 is 1.80 bits per heavy atom. The maximum atomic E-state index is 12.2. The SMILES string of the molecule is CO[C@H](C(=O)Nc1ccc(Cl)c(Cl)c1)c1ccccc1. The van der Waals surface area contributed by atoms with Gasteiger partial charge in [0.25, 0.3) is 5.91 Å². The zero-order valence-electron chi connectivity index (χ0n) is 10.8. The number of carbonyl (C=O) groups is 1. The van der Waals surface area contributed by atoms with Crippen molar-refractivity contribution in [2.75, 3.05) is 12.4 Å². The number of carbonyl (C=O) groups excluding carboxylic acids is 1. The number of hydrogen-bond donors (Lipinski definition) is 1. The highest BCUT2D eigenvalue weighted by Gasteiger charge is 2.19. The lowest BCUT2D eigenvalue weighted by atomic mass is 10.1. The van der Waals surface area contributed by atoms with Crippen LogP contribution in [0.5, 0.6) is 0 Å². The predicted molar refractivity (Wildman–Crippen MR) is 81.3 cm³/mol. The van der Waals surface area contributed by atoms with Gasteiger partial charge in [0.2, 0.25) is 0 Å². The Kier molecular flexibility index (Phi) is 5.01. The quantitative estimate of drug-likeness (QED) is 0.913. The van der Waals surface area contributed by atoms with Gasteiger partial charge in [-0.3, -0.25) is 4.79 Å². The first kappa shape index (κ1) is 14.9. The molecule has 0 unspecified atom stereocenters. The third-order valence-electron chi connectivity index (χ3n) is 2.76. The van der Waals surface area contributed by atoms with Crippen molar-refractivity contribution in [1.29, 1.82) is 0 Å². The van der Waals surface area contributed by atoms with Crippen LogP contribution >= 0.6 is 23.2 Å². The third-order valence-corrected chi connectivity index (χ3v) is 3.50. The van der Waals surface area contributed by atoms with Crippen molar-refractivity contribution < 1.29 is 9.53 Å². The Bertz CT molecular complexity index is 602. The number of rotatable bonds is 4. The Hall–Kier alpha value is -1.55. The molecule has 104 valence electrons. The molecule has 2 rings (SSSR count). The summed E-state index contributed by atoms with van der Waals surface area (Å²) in [4.78, 5) is 12.2. The highest BCUT2D eigenvalue weighted by molar-refractivity contribution is 6.42. The molecule has 0 heterocycles. The molecule has 0 saturated heterocycles. The second kappa shape index (κ2) is 6.75. The number of nitrogens with one attached hydrogen (secondary N) is 1. The van der Waals surface area contributed by atoms with Crippen LogP contribution in [0.3, 0.4) is 0 Å². The lowest BCUT2D eigenvalue weighted by Crippen LogP contribution is -2.22. The topological polar surface area (TPSA) is 38.3 Å². The Labute approximate surface area is 127 Å². The molecule has 0 bridgehead atoms. The maximum Gasteiger partial charge on any atom is 0.258 e. The van der Waals surface area contributed by atoms with Crippen LogP contribution < -0.4 is 5.32 Å². The molecule has 2 aromatic rings. The minimum atomic E-state index is -0.675. The molecule has 20 heavy (non-hydrogen) atoms. The minimum absolute atomic E-state index is 0.267. The number of ether oxygens (including phenoxy) is 1. The van der Waals surface area contributed by atoms with Crippen LogP contribution in [0.1, 0.15) is 11.7 Å². The average Bonchev–Trinajstić information content (AvgIpc) is 2.45. The van der Waals surface area contributed by atoms with E-state index in [-0.39, 0.29) is 5.91 Å². The number of anilines is 1. The molecule has 0 aliphatic rings. The highest BCUT2D eigenvalue weighted by atomic mass is 35.5. The van der Waals surface area contributed by atoms with E-state index in [0.717, 1.165) is 5.56 Å². The molecule has 0 fully saturated rings. The van der Waals surface area contributed by atoms with E-state index in [1.807, 2.05) is 30.3 Å². The predicted octanol–water partition coefficient (Wildman–Crippen LogP) is 4.32. The number of benzene rings is 2. The maximum absolute atomic E-state index is 12.2. The van der Waals surface area contributed by atoms with Crippen LogP contribution in [-0.4, -0.2) is 13.0 Å². The first-order valence-electron chi connectivity index (χ1n) is 5.95. The summed E-state index contributed by atoms with van der Waals surface area (Å²) in [5, 5.41) is 3.58. The molecule has 1 amide bonds. The summed E-state index contributed by atoms with van der Waals surface area (Å²) in [5.74, 6) is -0.267. The molecule has 3 nitrogen and oxygen atoms in total. The first-order valence-corrected chi connectivity index (χ1v) is 6.71. The van der Waals surface area contributed by atoms with Gasteiger partial charge in [0.15, 0.2) is 6.10 Å². The van der Waals surface area contributed by atoms with E-state index in [1.54, 1.807) is 18.2 Å². The molecule has 0 saturated carbocycles. The van der Waals surface area contributed by atoms with Gasteiger partial charge < -0.3 is 10.1 Å². The van der Waals surface area contributed by atoms with Gasteiger partial charge in [-0.15, -0.1) is 0 Å². The van der Waals surface area contributed by atoms with Crippen molar-refractivity contribution >= 4 is 34.8 Å². The molecule has 1 N–H and O–H groups in total.